The van der Waals surface area contributed by atoms with E-state index in [9.17, 15) is 29.1 Å². The number of carbonyl (C=O) groups is 5. The van der Waals surface area contributed by atoms with Crippen LogP contribution in [-0.4, -0.2) is 59.7 Å². The summed E-state index contributed by atoms with van der Waals surface area (Å²) in [5, 5.41) is 15.2. The van der Waals surface area contributed by atoms with E-state index in [1.54, 1.807) is 30.3 Å². The van der Waals surface area contributed by atoms with Crippen molar-refractivity contribution in [3.63, 3.8) is 0 Å². The zero-order valence-electron chi connectivity index (χ0n) is 24.2. The molecule has 0 spiro atoms. The lowest BCUT2D eigenvalue weighted by Crippen LogP contribution is -2.50. The molecule has 1 saturated heterocycles. The Hall–Kier alpha value is -4.41. The van der Waals surface area contributed by atoms with E-state index in [1.165, 1.54) is 32.0 Å². The van der Waals surface area contributed by atoms with E-state index in [0.29, 0.717) is 12.8 Å². The number of ether oxygens (including phenoxy) is 3. The Labute approximate surface area is 244 Å². The summed E-state index contributed by atoms with van der Waals surface area (Å²) in [7, 11) is 0. The second kappa shape index (κ2) is 15.0. The maximum atomic E-state index is 13.6. The van der Waals surface area contributed by atoms with E-state index in [0.717, 1.165) is 19.3 Å². The Balaban J connectivity index is 1.91. The monoisotopic (exact) mass is 582 g/mol. The Morgan fingerprint density at radius 3 is 2.38 bits per heavy atom. The molecule has 0 aliphatic carbocycles. The predicted octanol–water partition coefficient (Wildman–Crippen LogP) is 3.99. The van der Waals surface area contributed by atoms with Crippen LogP contribution in [0.3, 0.4) is 0 Å². The maximum Gasteiger partial charge on any atom is 0.338 e. The summed E-state index contributed by atoms with van der Waals surface area (Å²) in [5.41, 5.74) is 0.0379. The lowest BCUT2D eigenvalue weighted by atomic mass is 9.86. The summed E-state index contributed by atoms with van der Waals surface area (Å²) >= 11 is 0. The van der Waals surface area contributed by atoms with E-state index in [-0.39, 0.29) is 22.7 Å². The van der Waals surface area contributed by atoms with Crippen LogP contribution in [0.2, 0.25) is 0 Å². The third-order valence-electron chi connectivity index (χ3n) is 7.23. The molecular formula is C31H38N2O9. The molecule has 1 aliphatic rings. The minimum absolute atomic E-state index is 0.00843. The number of cyclic esters (lactones) is 2. The van der Waals surface area contributed by atoms with Gasteiger partial charge in [-0.1, -0.05) is 57.4 Å². The van der Waals surface area contributed by atoms with Gasteiger partial charge in [0.15, 0.2) is 17.9 Å². The van der Waals surface area contributed by atoms with E-state index in [4.69, 9.17) is 14.2 Å². The number of rotatable bonds is 11. The number of benzene rings is 2. The van der Waals surface area contributed by atoms with Gasteiger partial charge in [0, 0.05) is 0 Å². The van der Waals surface area contributed by atoms with E-state index < -0.39 is 59.8 Å². The summed E-state index contributed by atoms with van der Waals surface area (Å²) in [6.07, 6.45) is 0.0252. The second-order valence-corrected chi connectivity index (χ2v) is 10.5. The fourth-order valence-electron chi connectivity index (χ4n) is 4.90. The molecule has 0 saturated carbocycles. The van der Waals surface area contributed by atoms with Crippen LogP contribution in [0.1, 0.15) is 74.1 Å². The van der Waals surface area contributed by atoms with Crippen molar-refractivity contribution in [3.05, 3.63) is 59.7 Å². The van der Waals surface area contributed by atoms with Crippen LogP contribution in [0.5, 0.6) is 5.75 Å². The lowest BCUT2D eigenvalue weighted by Gasteiger charge is -2.30. The Morgan fingerprint density at radius 2 is 1.71 bits per heavy atom. The van der Waals surface area contributed by atoms with Gasteiger partial charge in [0.05, 0.1) is 22.7 Å². The van der Waals surface area contributed by atoms with Crippen LogP contribution >= 0.6 is 0 Å². The first-order chi connectivity index (χ1) is 20.1. The first-order valence-corrected chi connectivity index (χ1v) is 14.1. The maximum absolute atomic E-state index is 13.6. The number of carbonyl (C=O) groups excluding carboxylic acids is 5. The quantitative estimate of drug-likeness (QED) is 0.154. The smallest absolute Gasteiger partial charge is 0.338 e. The summed E-state index contributed by atoms with van der Waals surface area (Å²) in [5.74, 6) is -4.54. The van der Waals surface area contributed by atoms with Crippen molar-refractivity contribution < 1.29 is 43.3 Å². The number of nitrogens with one attached hydrogen (secondary N) is 2. The second-order valence-electron chi connectivity index (χ2n) is 10.5. The van der Waals surface area contributed by atoms with Crippen LogP contribution in [0, 0.1) is 11.8 Å². The number of anilines is 1. The molecule has 2 amide bonds. The Kier molecular flexibility index (Phi) is 11.5. The number of unbranched alkanes of at least 4 members (excludes halogenated alkanes) is 1. The molecule has 0 bridgehead atoms. The molecule has 0 radical (unpaired) electrons. The highest BCUT2D eigenvalue weighted by Gasteiger charge is 2.44. The summed E-state index contributed by atoms with van der Waals surface area (Å²) in [6, 6.07) is 10.9. The van der Waals surface area contributed by atoms with Crippen molar-refractivity contribution in [3.8, 4) is 5.75 Å². The van der Waals surface area contributed by atoms with Crippen molar-refractivity contribution in [2.45, 2.75) is 77.7 Å². The summed E-state index contributed by atoms with van der Waals surface area (Å²) < 4.78 is 17.2. The molecule has 1 aliphatic heterocycles. The molecule has 1 fully saturated rings. The van der Waals surface area contributed by atoms with Gasteiger partial charge >= 0.3 is 17.9 Å². The van der Waals surface area contributed by atoms with Gasteiger partial charge in [0.1, 0.15) is 12.2 Å². The average Bonchev–Trinajstić information content (AvgIpc) is 2.99. The third-order valence-corrected chi connectivity index (χ3v) is 7.23. The Bertz CT molecular complexity index is 1270. The average molecular weight is 583 g/mol. The highest BCUT2D eigenvalue weighted by Crippen LogP contribution is 2.30. The predicted molar refractivity (Wildman–Crippen MR) is 153 cm³/mol. The molecule has 6 atom stereocenters. The van der Waals surface area contributed by atoms with Crippen LogP contribution in [-0.2, 0) is 28.6 Å². The minimum Gasteiger partial charge on any atom is -0.505 e. The molecular weight excluding hydrogens is 544 g/mol. The van der Waals surface area contributed by atoms with Crippen LogP contribution in [0.4, 0.5) is 5.69 Å². The molecule has 2 aromatic rings. The molecule has 3 N–H and O–H groups in total. The number of amides is 2. The SMILES string of the molecule is CCCCC(C)CC1C(=O)OC(C)C(NC(=O)c2cccc(NC=O)c2O)C(=O)OC(C)C1OC(=O)c1ccccc1. The third kappa shape index (κ3) is 8.08. The van der Waals surface area contributed by atoms with Gasteiger partial charge in [-0.2, -0.15) is 0 Å². The van der Waals surface area contributed by atoms with Gasteiger partial charge in [0.2, 0.25) is 6.41 Å². The number of esters is 3. The van der Waals surface area contributed by atoms with Gasteiger partial charge in [0.25, 0.3) is 5.91 Å². The number of para-hydroxylation sites is 1. The van der Waals surface area contributed by atoms with Gasteiger partial charge in [-0.05, 0) is 50.5 Å². The largest absolute Gasteiger partial charge is 0.505 e. The van der Waals surface area contributed by atoms with Crippen LogP contribution < -0.4 is 10.6 Å². The molecule has 42 heavy (non-hydrogen) atoms. The van der Waals surface area contributed by atoms with Crippen molar-refractivity contribution in [2.75, 3.05) is 5.32 Å². The van der Waals surface area contributed by atoms with Gasteiger partial charge < -0.3 is 30.0 Å². The first kappa shape index (κ1) is 32.1. The van der Waals surface area contributed by atoms with Crippen LogP contribution in [0.15, 0.2) is 48.5 Å². The van der Waals surface area contributed by atoms with Crippen molar-refractivity contribution in [1.29, 1.82) is 0 Å². The highest BCUT2D eigenvalue weighted by molar-refractivity contribution is 6.01. The molecule has 1 heterocycles. The molecule has 226 valence electrons. The van der Waals surface area contributed by atoms with E-state index in [2.05, 4.69) is 17.6 Å². The zero-order valence-corrected chi connectivity index (χ0v) is 24.2. The van der Waals surface area contributed by atoms with Gasteiger partial charge in [-0.3, -0.25) is 14.4 Å². The molecule has 2 aromatic carbocycles. The number of hydrogen-bond donors (Lipinski definition) is 3. The fraction of sp³-hybridized carbons (Fsp3) is 0.452. The molecule has 0 aromatic heterocycles. The van der Waals surface area contributed by atoms with E-state index >= 15 is 0 Å². The number of hydrogen-bond acceptors (Lipinski definition) is 9. The molecule has 11 nitrogen and oxygen atoms in total. The minimum atomic E-state index is -1.45. The number of phenols is 1. The molecule has 3 rings (SSSR count). The fourth-order valence-corrected chi connectivity index (χ4v) is 4.90. The standard InChI is InChI=1S/C31H38N2O9/c1-5-6-11-18(2)16-23-27(42-29(37)21-12-8-7-9-13-21)20(4)41-31(39)25(19(3)40-30(23)38)33-28(36)22-14-10-15-24(26(22)35)32-17-34/h7-10,12-15,17-20,23,25,27,35H,5-6,11,16H2,1-4H3,(H,32,34)(H,33,36). The zero-order chi connectivity index (χ0) is 30.8. The van der Waals surface area contributed by atoms with Crippen molar-refractivity contribution >= 4 is 35.9 Å². The van der Waals surface area contributed by atoms with Gasteiger partial charge in [-0.25, -0.2) is 9.59 Å². The van der Waals surface area contributed by atoms with E-state index in [1.807, 2.05) is 6.92 Å². The van der Waals surface area contributed by atoms with Crippen molar-refractivity contribution in [2.24, 2.45) is 11.8 Å². The number of aromatic hydroxyl groups is 1. The molecule has 6 unspecified atom stereocenters. The lowest BCUT2D eigenvalue weighted by molar-refractivity contribution is -0.161. The first-order valence-electron chi connectivity index (χ1n) is 14.1. The summed E-state index contributed by atoms with van der Waals surface area (Å²) in [4.78, 5) is 63.9. The highest BCUT2D eigenvalue weighted by atomic mass is 16.6. The normalized spacial score (nSPS) is 23.2. The van der Waals surface area contributed by atoms with Crippen LogP contribution in [0.25, 0.3) is 0 Å². The number of phenolic OH excluding ortho intramolecular Hbond substituents is 1. The molecule has 11 heteroatoms. The summed E-state index contributed by atoms with van der Waals surface area (Å²) in [6.45, 7) is 7.02. The van der Waals surface area contributed by atoms with Gasteiger partial charge in [-0.15, -0.1) is 0 Å². The topological polar surface area (TPSA) is 157 Å². The Morgan fingerprint density at radius 1 is 1.02 bits per heavy atom. The van der Waals surface area contributed by atoms with Crippen molar-refractivity contribution in [1.82, 2.24) is 5.32 Å².